The molecule has 0 aliphatic heterocycles. The largest absolute Gasteiger partial charge is 0.409 e. The normalized spacial score (nSPS) is 10.8. The SMILES string of the molecule is N#CCSc1nnc(-c2nn(Cc3ccccc3)c(=O)c3ccccc23)o1. The molecule has 2 aromatic carbocycles. The molecule has 0 saturated heterocycles. The van der Waals surface area contributed by atoms with E-state index in [1.165, 1.54) is 4.68 Å². The summed E-state index contributed by atoms with van der Waals surface area (Å²) in [5, 5.41) is 22.6. The van der Waals surface area contributed by atoms with E-state index in [-0.39, 0.29) is 17.2 Å². The van der Waals surface area contributed by atoms with Crippen molar-refractivity contribution in [3.63, 3.8) is 0 Å². The minimum absolute atomic E-state index is 0.184. The van der Waals surface area contributed by atoms with E-state index in [0.29, 0.717) is 28.2 Å². The van der Waals surface area contributed by atoms with Crippen LogP contribution in [0.25, 0.3) is 22.4 Å². The van der Waals surface area contributed by atoms with Gasteiger partial charge in [0.1, 0.15) is 0 Å². The number of nitriles is 1. The van der Waals surface area contributed by atoms with Crippen molar-refractivity contribution < 1.29 is 4.42 Å². The topological polar surface area (TPSA) is 97.6 Å². The highest BCUT2D eigenvalue weighted by atomic mass is 32.2. The van der Waals surface area contributed by atoms with E-state index in [1.54, 1.807) is 12.1 Å². The third kappa shape index (κ3) is 3.45. The van der Waals surface area contributed by atoms with E-state index < -0.39 is 0 Å². The van der Waals surface area contributed by atoms with Gasteiger partial charge in [0.15, 0.2) is 5.69 Å². The van der Waals surface area contributed by atoms with Gasteiger partial charge in [0, 0.05) is 5.39 Å². The summed E-state index contributed by atoms with van der Waals surface area (Å²) in [6, 6.07) is 18.8. The van der Waals surface area contributed by atoms with Crippen LogP contribution in [0.4, 0.5) is 0 Å². The lowest BCUT2D eigenvalue weighted by Gasteiger charge is -2.09. The van der Waals surface area contributed by atoms with Crippen molar-refractivity contribution in [1.82, 2.24) is 20.0 Å². The zero-order valence-corrected chi connectivity index (χ0v) is 14.9. The van der Waals surface area contributed by atoms with Crippen molar-refractivity contribution in [2.75, 3.05) is 5.75 Å². The van der Waals surface area contributed by atoms with E-state index in [4.69, 9.17) is 9.68 Å². The van der Waals surface area contributed by atoms with Crippen molar-refractivity contribution in [3.05, 3.63) is 70.5 Å². The van der Waals surface area contributed by atoms with Gasteiger partial charge in [-0.15, -0.1) is 10.2 Å². The Kier molecular flexibility index (Phi) is 4.68. The van der Waals surface area contributed by atoms with Crippen LogP contribution in [0.2, 0.25) is 0 Å². The van der Waals surface area contributed by atoms with Gasteiger partial charge in [-0.1, -0.05) is 60.3 Å². The summed E-state index contributed by atoms with van der Waals surface area (Å²) in [5.41, 5.74) is 1.22. The van der Waals surface area contributed by atoms with Gasteiger partial charge < -0.3 is 4.42 Å². The Hall–Kier alpha value is -3.44. The van der Waals surface area contributed by atoms with Crippen molar-refractivity contribution in [2.24, 2.45) is 0 Å². The summed E-state index contributed by atoms with van der Waals surface area (Å²) in [5.74, 6) is 0.428. The molecule has 0 atom stereocenters. The van der Waals surface area contributed by atoms with Crippen LogP contribution in [0.3, 0.4) is 0 Å². The highest BCUT2D eigenvalue weighted by Crippen LogP contribution is 2.26. The molecular formula is C19H13N5O2S. The molecule has 4 rings (SSSR count). The Bertz CT molecular complexity index is 1190. The molecular weight excluding hydrogens is 362 g/mol. The van der Waals surface area contributed by atoms with Gasteiger partial charge in [0.25, 0.3) is 16.7 Å². The lowest BCUT2D eigenvalue weighted by molar-refractivity contribution is 0.463. The van der Waals surface area contributed by atoms with Crippen LogP contribution >= 0.6 is 11.8 Å². The van der Waals surface area contributed by atoms with Gasteiger partial charge in [0.05, 0.1) is 23.8 Å². The van der Waals surface area contributed by atoms with Gasteiger partial charge in [0.2, 0.25) is 0 Å². The predicted octanol–water partition coefficient (Wildman–Crippen LogP) is 3.11. The van der Waals surface area contributed by atoms with Crippen LogP contribution in [0.5, 0.6) is 0 Å². The number of fused-ring (bicyclic) bond motifs is 1. The summed E-state index contributed by atoms with van der Waals surface area (Å²) in [6.45, 7) is 0.335. The second-order valence-corrected chi connectivity index (χ2v) is 6.59. The first-order valence-corrected chi connectivity index (χ1v) is 9.12. The molecule has 0 amide bonds. The monoisotopic (exact) mass is 375 g/mol. The molecule has 0 bridgehead atoms. The molecule has 0 fully saturated rings. The van der Waals surface area contributed by atoms with E-state index in [1.807, 2.05) is 48.5 Å². The quantitative estimate of drug-likeness (QED) is 0.494. The Morgan fingerprint density at radius 2 is 1.78 bits per heavy atom. The predicted molar refractivity (Wildman–Crippen MR) is 101 cm³/mol. The fourth-order valence-electron chi connectivity index (χ4n) is 2.71. The van der Waals surface area contributed by atoms with E-state index >= 15 is 0 Å². The number of thioether (sulfide) groups is 1. The van der Waals surface area contributed by atoms with Gasteiger partial charge in [-0.05, 0) is 11.6 Å². The first-order chi connectivity index (χ1) is 13.3. The molecule has 0 spiro atoms. The summed E-state index contributed by atoms with van der Waals surface area (Å²) < 4.78 is 7.04. The van der Waals surface area contributed by atoms with Gasteiger partial charge in [-0.25, -0.2) is 4.68 Å². The zero-order valence-electron chi connectivity index (χ0n) is 14.1. The molecule has 8 heteroatoms. The minimum atomic E-state index is -0.184. The van der Waals surface area contributed by atoms with Crippen LogP contribution in [-0.4, -0.2) is 25.7 Å². The summed E-state index contributed by atoms with van der Waals surface area (Å²) in [6.07, 6.45) is 0. The van der Waals surface area contributed by atoms with Crippen LogP contribution < -0.4 is 5.56 Å². The molecule has 4 aromatic rings. The second kappa shape index (κ2) is 7.43. The highest BCUT2D eigenvalue weighted by Gasteiger charge is 2.17. The van der Waals surface area contributed by atoms with Crippen LogP contribution in [0, 0.1) is 11.3 Å². The summed E-state index contributed by atoms with van der Waals surface area (Å²) in [7, 11) is 0. The van der Waals surface area contributed by atoms with Crippen molar-refractivity contribution in [2.45, 2.75) is 11.8 Å². The molecule has 0 aliphatic carbocycles. The smallest absolute Gasteiger partial charge is 0.277 e. The average molecular weight is 375 g/mol. The number of benzene rings is 2. The van der Waals surface area contributed by atoms with E-state index in [9.17, 15) is 4.79 Å². The number of hydrogen-bond donors (Lipinski definition) is 0. The van der Waals surface area contributed by atoms with Crippen LogP contribution in [-0.2, 0) is 6.54 Å². The van der Waals surface area contributed by atoms with E-state index in [0.717, 1.165) is 17.3 Å². The first-order valence-electron chi connectivity index (χ1n) is 8.13. The molecule has 7 nitrogen and oxygen atoms in total. The second-order valence-electron chi connectivity index (χ2n) is 5.66. The number of hydrogen-bond acceptors (Lipinski definition) is 7. The van der Waals surface area contributed by atoms with Crippen molar-refractivity contribution in [1.29, 1.82) is 5.26 Å². The molecule has 0 N–H and O–H groups in total. The minimum Gasteiger partial charge on any atom is -0.409 e. The third-order valence-electron chi connectivity index (χ3n) is 3.91. The van der Waals surface area contributed by atoms with Gasteiger partial charge in [-0.3, -0.25) is 4.79 Å². The Morgan fingerprint density at radius 3 is 2.56 bits per heavy atom. The molecule has 0 aliphatic rings. The fourth-order valence-corrected chi connectivity index (χ4v) is 3.14. The van der Waals surface area contributed by atoms with Crippen LogP contribution in [0.1, 0.15) is 5.56 Å². The fraction of sp³-hybridized carbons (Fsp3) is 0.105. The first kappa shape index (κ1) is 17.0. The maximum atomic E-state index is 12.9. The number of rotatable bonds is 5. The highest BCUT2D eigenvalue weighted by molar-refractivity contribution is 7.99. The molecule has 132 valence electrons. The number of aromatic nitrogens is 4. The maximum absolute atomic E-state index is 12.9. The lowest BCUT2D eigenvalue weighted by atomic mass is 10.1. The molecule has 2 aromatic heterocycles. The average Bonchev–Trinajstić information content (AvgIpc) is 3.18. The number of nitrogens with zero attached hydrogens (tertiary/aromatic N) is 5. The van der Waals surface area contributed by atoms with Crippen molar-refractivity contribution in [3.8, 4) is 17.7 Å². The zero-order chi connectivity index (χ0) is 18.6. The molecule has 0 radical (unpaired) electrons. The standard InChI is InChI=1S/C19H13N5O2S/c20-10-11-27-19-22-21-17(26-19)16-14-8-4-5-9-15(14)18(25)24(23-16)12-13-6-2-1-3-7-13/h1-9H,11-12H2. The molecule has 0 unspecified atom stereocenters. The molecule has 2 heterocycles. The summed E-state index contributed by atoms with van der Waals surface area (Å²) >= 11 is 1.15. The summed E-state index contributed by atoms with van der Waals surface area (Å²) in [4.78, 5) is 12.9. The lowest BCUT2D eigenvalue weighted by Crippen LogP contribution is -2.24. The third-order valence-corrected chi connectivity index (χ3v) is 4.60. The van der Waals surface area contributed by atoms with Crippen LogP contribution in [0.15, 0.2) is 69.0 Å². The maximum Gasteiger partial charge on any atom is 0.277 e. The van der Waals surface area contributed by atoms with Gasteiger partial charge >= 0.3 is 0 Å². The Labute approximate surface area is 158 Å². The van der Waals surface area contributed by atoms with Gasteiger partial charge in [-0.2, -0.15) is 10.4 Å². The Balaban J connectivity index is 1.84. The molecule has 0 saturated carbocycles. The van der Waals surface area contributed by atoms with Crippen molar-refractivity contribution >= 4 is 22.5 Å². The Morgan fingerprint density at radius 1 is 1.04 bits per heavy atom. The van der Waals surface area contributed by atoms with E-state index in [2.05, 4.69) is 15.3 Å². The molecule has 27 heavy (non-hydrogen) atoms.